The molecule has 0 radical (unpaired) electrons. The fraction of sp³-hybridized carbons (Fsp3) is 0.250. The molecule has 1 amide bonds. The second-order valence-electron chi connectivity index (χ2n) is 6.76. The zero-order chi connectivity index (χ0) is 21.0. The summed E-state index contributed by atoms with van der Waals surface area (Å²) >= 11 is 0. The molecule has 0 saturated carbocycles. The zero-order valence-corrected chi connectivity index (χ0v) is 16.6. The van der Waals surface area contributed by atoms with Crippen LogP contribution < -0.4 is 4.72 Å². The van der Waals surface area contributed by atoms with Crippen molar-refractivity contribution in [3.8, 4) is 0 Å². The molecule has 0 spiro atoms. The molecule has 0 saturated heterocycles. The predicted molar refractivity (Wildman–Crippen MR) is 109 cm³/mol. The van der Waals surface area contributed by atoms with E-state index in [1.807, 2.05) is 30.3 Å². The van der Waals surface area contributed by atoms with Gasteiger partial charge in [0.05, 0.1) is 24.4 Å². The Kier molecular flexibility index (Phi) is 5.97. The van der Waals surface area contributed by atoms with Crippen LogP contribution >= 0.6 is 0 Å². The van der Waals surface area contributed by atoms with E-state index in [0.29, 0.717) is 23.4 Å². The van der Waals surface area contributed by atoms with E-state index in [4.69, 9.17) is 5.11 Å². The summed E-state index contributed by atoms with van der Waals surface area (Å²) < 4.78 is 25.4. The van der Waals surface area contributed by atoms with Crippen LogP contribution in [0.3, 0.4) is 0 Å². The average molecular weight is 415 g/mol. The Morgan fingerprint density at radius 3 is 2.52 bits per heavy atom. The standard InChI is InChI=1S/C20H21N3O5S/c1-29(27,28)22-16-9-5-8-15(12-16)17-13-18(14-6-3-2-4-7-14)23(21-17)19(24)10-11-20(25)26/h2-9,12,18,22H,10-11,13H2,1H3,(H,25,26). The maximum absolute atomic E-state index is 12.6. The van der Waals surface area contributed by atoms with Gasteiger partial charge in [0.15, 0.2) is 0 Å². The molecule has 1 aliphatic rings. The van der Waals surface area contributed by atoms with E-state index in [9.17, 15) is 18.0 Å². The molecule has 29 heavy (non-hydrogen) atoms. The number of amides is 1. The third-order valence-electron chi connectivity index (χ3n) is 4.40. The Morgan fingerprint density at radius 1 is 1.14 bits per heavy atom. The van der Waals surface area contributed by atoms with Crippen molar-refractivity contribution in [1.29, 1.82) is 0 Å². The molecule has 1 aliphatic heterocycles. The van der Waals surface area contributed by atoms with Crippen LogP contribution in [0.1, 0.15) is 36.4 Å². The number of anilines is 1. The molecular weight excluding hydrogens is 394 g/mol. The maximum atomic E-state index is 12.6. The van der Waals surface area contributed by atoms with Gasteiger partial charge in [0.2, 0.25) is 15.9 Å². The van der Waals surface area contributed by atoms with Crippen molar-refractivity contribution in [3.63, 3.8) is 0 Å². The molecule has 2 N–H and O–H groups in total. The fourth-order valence-corrected chi connectivity index (χ4v) is 3.71. The van der Waals surface area contributed by atoms with Crippen LogP contribution in [0.4, 0.5) is 5.69 Å². The van der Waals surface area contributed by atoms with Crippen molar-refractivity contribution in [2.45, 2.75) is 25.3 Å². The summed E-state index contributed by atoms with van der Waals surface area (Å²) in [5, 5.41) is 14.7. The molecule has 0 aromatic heterocycles. The number of nitrogens with zero attached hydrogens (tertiary/aromatic N) is 2. The third-order valence-corrected chi connectivity index (χ3v) is 5.01. The Hall–Kier alpha value is -3.20. The number of hydrogen-bond acceptors (Lipinski definition) is 5. The molecule has 2 aromatic carbocycles. The van der Waals surface area contributed by atoms with Crippen LogP contribution in [0.2, 0.25) is 0 Å². The summed E-state index contributed by atoms with van der Waals surface area (Å²) in [5.41, 5.74) is 2.60. The first kappa shape index (κ1) is 20.5. The minimum Gasteiger partial charge on any atom is -0.481 e. The zero-order valence-electron chi connectivity index (χ0n) is 15.8. The number of aliphatic carboxylic acids is 1. The van der Waals surface area contributed by atoms with Crippen LogP contribution in [0, 0.1) is 0 Å². The maximum Gasteiger partial charge on any atom is 0.303 e. The Balaban J connectivity index is 1.91. The number of sulfonamides is 1. The summed E-state index contributed by atoms with van der Waals surface area (Å²) in [7, 11) is -3.42. The highest BCUT2D eigenvalue weighted by Gasteiger charge is 2.33. The van der Waals surface area contributed by atoms with Gasteiger partial charge in [-0.25, -0.2) is 13.4 Å². The smallest absolute Gasteiger partial charge is 0.303 e. The van der Waals surface area contributed by atoms with E-state index >= 15 is 0 Å². The molecule has 0 aliphatic carbocycles. The fourth-order valence-electron chi connectivity index (χ4n) is 3.15. The van der Waals surface area contributed by atoms with Gasteiger partial charge >= 0.3 is 5.97 Å². The number of benzene rings is 2. The van der Waals surface area contributed by atoms with E-state index in [0.717, 1.165) is 11.8 Å². The molecule has 3 rings (SSSR count). The molecular formula is C20H21N3O5S. The van der Waals surface area contributed by atoms with Crippen molar-refractivity contribution >= 4 is 33.3 Å². The number of rotatable bonds is 7. The summed E-state index contributed by atoms with van der Waals surface area (Å²) in [6, 6.07) is 15.8. The van der Waals surface area contributed by atoms with Crippen molar-refractivity contribution in [2.24, 2.45) is 5.10 Å². The van der Waals surface area contributed by atoms with Crippen LogP contribution in [0.15, 0.2) is 59.7 Å². The highest BCUT2D eigenvalue weighted by Crippen LogP contribution is 2.33. The van der Waals surface area contributed by atoms with E-state index in [2.05, 4.69) is 9.82 Å². The van der Waals surface area contributed by atoms with Gasteiger partial charge < -0.3 is 5.11 Å². The Labute approximate surface area is 168 Å². The van der Waals surface area contributed by atoms with Crippen LogP contribution in [0.5, 0.6) is 0 Å². The molecule has 8 nitrogen and oxygen atoms in total. The van der Waals surface area contributed by atoms with Crippen LogP contribution in [-0.4, -0.2) is 42.4 Å². The second-order valence-corrected chi connectivity index (χ2v) is 8.51. The first-order valence-corrected chi connectivity index (χ1v) is 10.9. The lowest BCUT2D eigenvalue weighted by Crippen LogP contribution is -2.27. The third kappa shape index (κ3) is 5.41. The summed E-state index contributed by atoms with van der Waals surface area (Å²) in [6.07, 6.45) is 1.09. The highest BCUT2D eigenvalue weighted by molar-refractivity contribution is 7.92. The lowest BCUT2D eigenvalue weighted by Gasteiger charge is -2.21. The number of carbonyl (C=O) groups excluding carboxylic acids is 1. The molecule has 9 heteroatoms. The molecule has 152 valence electrons. The highest BCUT2D eigenvalue weighted by atomic mass is 32.2. The number of nitrogens with one attached hydrogen (secondary N) is 1. The van der Waals surface area contributed by atoms with Gasteiger partial charge in [-0.15, -0.1) is 0 Å². The summed E-state index contributed by atoms with van der Waals surface area (Å²) in [5.74, 6) is -1.42. The van der Waals surface area contributed by atoms with Crippen molar-refractivity contribution < 1.29 is 23.1 Å². The molecule has 2 aromatic rings. The van der Waals surface area contributed by atoms with Gasteiger partial charge in [0, 0.05) is 18.5 Å². The van der Waals surface area contributed by atoms with Gasteiger partial charge in [-0.2, -0.15) is 5.10 Å². The Morgan fingerprint density at radius 2 is 1.86 bits per heavy atom. The normalized spacial score (nSPS) is 16.4. The minimum absolute atomic E-state index is 0.148. The molecule has 0 bridgehead atoms. The molecule has 1 unspecified atom stereocenters. The second kappa shape index (κ2) is 8.44. The average Bonchev–Trinajstić information content (AvgIpc) is 3.11. The van der Waals surface area contributed by atoms with E-state index in [-0.39, 0.29) is 24.8 Å². The topological polar surface area (TPSA) is 116 Å². The van der Waals surface area contributed by atoms with Crippen molar-refractivity contribution in [3.05, 3.63) is 65.7 Å². The molecule has 0 fully saturated rings. The van der Waals surface area contributed by atoms with Crippen LogP contribution in [0.25, 0.3) is 0 Å². The predicted octanol–water partition coefficient (Wildman–Crippen LogP) is 2.60. The Bertz CT molecular complexity index is 1050. The summed E-state index contributed by atoms with van der Waals surface area (Å²) in [6.45, 7) is 0. The number of carboxylic acids is 1. The van der Waals surface area contributed by atoms with Gasteiger partial charge in [0.1, 0.15) is 0 Å². The lowest BCUT2D eigenvalue weighted by molar-refractivity contribution is -0.141. The number of carbonyl (C=O) groups is 2. The summed E-state index contributed by atoms with van der Waals surface area (Å²) in [4.78, 5) is 23.5. The van der Waals surface area contributed by atoms with Gasteiger partial charge in [-0.05, 0) is 23.3 Å². The first-order chi connectivity index (χ1) is 13.7. The molecule has 1 heterocycles. The van der Waals surface area contributed by atoms with Crippen LogP contribution in [-0.2, 0) is 19.6 Å². The number of hydrogen-bond donors (Lipinski definition) is 2. The van der Waals surface area contributed by atoms with E-state index < -0.39 is 16.0 Å². The van der Waals surface area contributed by atoms with Crippen molar-refractivity contribution in [1.82, 2.24) is 5.01 Å². The number of carboxylic acid groups (broad SMARTS) is 1. The van der Waals surface area contributed by atoms with E-state index in [1.54, 1.807) is 24.3 Å². The first-order valence-electron chi connectivity index (χ1n) is 8.97. The van der Waals surface area contributed by atoms with Crippen molar-refractivity contribution in [2.75, 3.05) is 11.0 Å². The monoisotopic (exact) mass is 415 g/mol. The largest absolute Gasteiger partial charge is 0.481 e. The molecule has 1 atom stereocenters. The van der Waals surface area contributed by atoms with Gasteiger partial charge in [-0.1, -0.05) is 42.5 Å². The SMILES string of the molecule is CS(=O)(=O)Nc1cccc(C2=NN(C(=O)CCC(=O)O)C(c3ccccc3)C2)c1. The lowest BCUT2D eigenvalue weighted by atomic mass is 9.98. The quantitative estimate of drug-likeness (QED) is 0.721. The van der Waals surface area contributed by atoms with Gasteiger partial charge in [0.25, 0.3) is 0 Å². The van der Waals surface area contributed by atoms with E-state index in [1.165, 1.54) is 5.01 Å². The number of hydrazone groups is 1. The minimum atomic E-state index is -3.42. The van der Waals surface area contributed by atoms with Gasteiger partial charge in [-0.3, -0.25) is 14.3 Å².